The molecule has 1 amide bonds. The van der Waals surface area contributed by atoms with Crippen LogP contribution in [0.15, 0.2) is 12.2 Å². The Balaban J connectivity index is 2.13. The second kappa shape index (κ2) is 3.40. The summed E-state index contributed by atoms with van der Waals surface area (Å²) in [7, 11) is 0. The molecule has 1 aliphatic carbocycles. The van der Waals surface area contributed by atoms with E-state index in [0.717, 1.165) is 6.54 Å². The Hall–Kier alpha value is -0.790. The smallest absolute Gasteiger partial charge is 0.216 e. The molecule has 0 unspecified atom stereocenters. The monoisotopic (exact) mass is 139 g/mol. The van der Waals surface area contributed by atoms with Crippen LogP contribution in [0.25, 0.3) is 0 Å². The Bertz CT molecular complexity index is 151. The molecule has 0 bridgehead atoms. The summed E-state index contributed by atoms with van der Waals surface area (Å²) in [5.74, 6) is 0.657. The summed E-state index contributed by atoms with van der Waals surface area (Å²) in [6, 6.07) is 0. The molecule has 10 heavy (non-hydrogen) atoms. The van der Waals surface area contributed by atoms with Crippen molar-refractivity contribution in [2.75, 3.05) is 6.54 Å². The molecule has 56 valence electrons. The predicted octanol–water partition coefficient (Wildman–Crippen LogP) is 1.09. The second-order valence-electron chi connectivity index (χ2n) is 2.70. The number of nitrogens with one attached hydrogen (secondary N) is 1. The topological polar surface area (TPSA) is 29.1 Å². The van der Waals surface area contributed by atoms with Crippen LogP contribution in [-0.4, -0.2) is 12.5 Å². The molecule has 0 aromatic carbocycles. The standard InChI is InChI=1S/C8H13NO/c1-7(10)9-6-8-4-2-3-5-8/h2,4,8H,3,5-6H2,1H3,(H,9,10)/t8-/m1/s1. The van der Waals surface area contributed by atoms with Crippen molar-refractivity contribution in [2.24, 2.45) is 5.92 Å². The highest BCUT2D eigenvalue weighted by molar-refractivity contribution is 5.72. The summed E-state index contributed by atoms with van der Waals surface area (Å²) in [6.45, 7) is 2.37. The molecule has 1 rings (SSSR count). The third kappa shape index (κ3) is 2.21. The lowest BCUT2D eigenvalue weighted by molar-refractivity contribution is -0.119. The van der Waals surface area contributed by atoms with Crippen molar-refractivity contribution in [3.8, 4) is 0 Å². The van der Waals surface area contributed by atoms with E-state index in [9.17, 15) is 4.79 Å². The van der Waals surface area contributed by atoms with E-state index in [4.69, 9.17) is 0 Å². The minimum Gasteiger partial charge on any atom is -0.356 e. The number of rotatable bonds is 2. The Morgan fingerprint density at radius 2 is 2.60 bits per heavy atom. The first-order chi connectivity index (χ1) is 4.79. The van der Waals surface area contributed by atoms with Crippen LogP contribution in [-0.2, 0) is 4.79 Å². The zero-order valence-corrected chi connectivity index (χ0v) is 6.26. The number of amides is 1. The molecule has 2 heteroatoms. The van der Waals surface area contributed by atoms with Gasteiger partial charge < -0.3 is 5.32 Å². The van der Waals surface area contributed by atoms with Gasteiger partial charge in [-0.05, 0) is 18.8 Å². The summed E-state index contributed by atoms with van der Waals surface area (Å²) >= 11 is 0. The molecule has 0 radical (unpaired) electrons. The van der Waals surface area contributed by atoms with Gasteiger partial charge >= 0.3 is 0 Å². The van der Waals surface area contributed by atoms with E-state index in [1.807, 2.05) is 0 Å². The fourth-order valence-electron chi connectivity index (χ4n) is 1.14. The predicted molar refractivity (Wildman–Crippen MR) is 40.5 cm³/mol. The summed E-state index contributed by atoms with van der Waals surface area (Å²) in [4.78, 5) is 10.5. The zero-order chi connectivity index (χ0) is 7.40. The molecule has 0 saturated heterocycles. The van der Waals surface area contributed by atoms with Gasteiger partial charge in [-0.3, -0.25) is 4.79 Å². The fraction of sp³-hybridized carbons (Fsp3) is 0.625. The van der Waals surface area contributed by atoms with Crippen molar-refractivity contribution in [3.05, 3.63) is 12.2 Å². The van der Waals surface area contributed by atoms with Crippen LogP contribution < -0.4 is 5.32 Å². The van der Waals surface area contributed by atoms with Crippen LogP contribution in [0.5, 0.6) is 0 Å². The Labute approximate surface area is 61.3 Å². The van der Waals surface area contributed by atoms with E-state index in [2.05, 4.69) is 17.5 Å². The molecule has 2 nitrogen and oxygen atoms in total. The van der Waals surface area contributed by atoms with Gasteiger partial charge in [-0.1, -0.05) is 12.2 Å². The average molecular weight is 139 g/mol. The van der Waals surface area contributed by atoms with Gasteiger partial charge in [0.15, 0.2) is 0 Å². The van der Waals surface area contributed by atoms with Crippen molar-refractivity contribution in [1.29, 1.82) is 0 Å². The van der Waals surface area contributed by atoms with Gasteiger partial charge in [-0.25, -0.2) is 0 Å². The van der Waals surface area contributed by atoms with Crippen LogP contribution in [0.2, 0.25) is 0 Å². The van der Waals surface area contributed by atoms with Crippen molar-refractivity contribution in [2.45, 2.75) is 19.8 Å². The van der Waals surface area contributed by atoms with Gasteiger partial charge in [0.25, 0.3) is 0 Å². The zero-order valence-electron chi connectivity index (χ0n) is 6.26. The second-order valence-corrected chi connectivity index (χ2v) is 2.70. The lowest BCUT2D eigenvalue weighted by atomic mass is 10.1. The normalized spacial score (nSPS) is 23.1. The number of carbonyl (C=O) groups is 1. The fourth-order valence-corrected chi connectivity index (χ4v) is 1.14. The third-order valence-corrected chi connectivity index (χ3v) is 1.73. The first-order valence-electron chi connectivity index (χ1n) is 3.70. The third-order valence-electron chi connectivity index (χ3n) is 1.73. The number of hydrogen-bond acceptors (Lipinski definition) is 1. The highest BCUT2D eigenvalue weighted by Crippen LogP contribution is 2.15. The summed E-state index contributed by atoms with van der Waals surface area (Å²) in [6.07, 6.45) is 6.72. The average Bonchev–Trinajstić information content (AvgIpc) is 2.34. The van der Waals surface area contributed by atoms with Crippen LogP contribution in [0.1, 0.15) is 19.8 Å². The van der Waals surface area contributed by atoms with Crippen LogP contribution in [0.4, 0.5) is 0 Å². The van der Waals surface area contributed by atoms with Gasteiger partial charge in [0.2, 0.25) is 5.91 Å². The van der Waals surface area contributed by atoms with Crippen molar-refractivity contribution < 1.29 is 4.79 Å². The highest BCUT2D eigenvalue weighted by atomic mass is 16.1. The molecule has 1 N–H and O–H groups in total. The van der Waals surface area contributed by atoms with Crippen LogP contribution >= 0.6 is 0 Å². The summed E-state index contributed by atoms with van der Waals surface area (Å²) in [5.41, 5.74) is 0. The van der Waals surface area contributed by atoms with Gasteiger partial charge in [-0.2, -0.15) is 0 Å². The molecule has 1 atom stereocenters. The molecule has 0 aromatic heterocycles. The minimum atomic E-state index is 0.0697. The summed E-state index contributed by atoms with van der Waals surface area (Å²) in [5, 5.41) is 2.80. The molecule has 0 aromatic rings. The van der Waals surface area contributed by atoms with Gasteiger partial charge in [-0.15, -0.1) is 0 Å². The van der Waals surface area contributed by atoms with E-state index in [1.54, 1.807) is 6.92 Å². The first-order valence-corrected chi connectivity index (χ1v) is 3.70. The molecule has 0 aliphatic heterocycles. The number of carbonyl (C=O) groups excluding carboxylic acids is 1. The maximum absolute atomic E-state index is 10.5. The van der Waals surface area contributed by atoms with E-state index < -0.39 is 0 Å². The lowest BCUT2D eigenvalue weighted by Gasteiger charge is -2.06. The molecule has 0 heterocycles. The molecular weight excluding hydrogens is 126 g/mol. The van der Waals surface area contributed by atoms with E-state index in [0.29, 0.717) is 5.92 Å². The van der Waals surface area contributed by atoms with Crippen LogP contribution in [0.3, 0.4) is 0 Å². The highest BCUT2D eigenvalue weighted by Gasteiger charge is 2.08. The number of allylic oxidation sites excluding steroid dienone is 1. The molecular formula is C8H13NO. The SMILES string of the molecule is CC(=O)NC[C@@H]1C=CCC1. The minimum absolute atomic E-state index is 0.0697. The Kier molecular flexibility index (Phi) is 2.49. The first kappa shape index (κ1) is 7.32. The van der Waals surface area contributed by atoms with Gasteiger partial charge in [0.05, 0.1) is 0 Å². The van der Waals surface area contributed by atoms with E-state index >= 15 is 0 Å². The van der Waals surface area contributed by atoms with E-state index in [1.165, 1.54) is 12.8 Å². The van der Waals surface area contributed by atoms with E-state index in [-0.39, 0.29) is 5.91 Å². The lowest BCUT2D eigenvalue weighted by Crippen LogP contribution is -2.25. The Morgan fingerprint density at radius 1 is 1.80 bits per heavy atom. The summed E-state index contributed by atoms with van der Waals surface area (Å²) < 4.78 is 0. The molecule has 0 spiro atoms. The van der Waals surface area contributed by atoms with Gasteiger partial charge in [0, 0.05) is 13.5 Å². The Morgan fingerprint density at radius 3 is 3.10 bits per heavy atom. The quantitative estimate of drug-likeness (QED) is 0.570. The van der Waals surface area contributed by atoms with Gasteiger partial charge in [0.1, 0.15) is 0 Å². The number of hydrogen-bond donors (Lipinski definition) is 1. The molecule has 1 aliphatic rings. The molecule has 0 saturated carbocycles. The van der Waals surface area contributed by atoms with Crippen LogP contribution in [0, 0.1) is 5.92 Å². The maximum atomic E-state index is 10.5. The van der Waals surface area contributed by atoms with Crippen molar-refractivity contribution in [3.63, 3.8) is 0 Å². The largest absolute Gasteiger partial charge is 0.356 e. The maximum Gasteiger partial charge on any atom is 0.216 e. The van der Waals surface area contributed by atoms with Crippen molar-refractivity contribution >= 4 is 5.91 Å². The molecule has 0 fully saturated rings. The van der Waals surface area contributed by atoms with Crippen molar-refractivity contribution in [1.82, 2.24) is 5.32 Å².